The standard InChI is InChI=1S/C13H17NO/c1-10(2)15-13-6-4-3-5-12(13)11-7-8-14-9-11/h3-7,10,14H,8-9H2,1-2H3. The number of rotatable bonds is 3. The minimum absolute atomic E-state index is 0.223. The lowest BCUT2D eigenvalue weighted by Gasteiger charge is -2.14. The second-order valence-corrected chi connectivity index (χ2v) is 4.02. The molecule has 1 aliphatic rings. The second-order valence-electron chi connectivity index (χ2n) is 4.02. The van der Waals surface area contributed by atoms with Crippen molar-refractivity contribution in [3.63, 3.8) is 0 Å². The molecule has 0 aromatic heterocycles. The summed E-state index contributed by atoms with van der Waals surface area (Å²) >= 11 is 0. The largest absolute Gasteiger partial charge is 0.490 e. The van der Waals surface area contributed by atoms with E-state index >= 15 is 0 Å². The summed E-state index contributed by atoms with van der Waals surface area (Å²) in [6.45, 7) is 6.01. The van der Waals surface area contributed by atoms with E-state index in [1.165, 1.54) is 11.1 Å². The van der Waals surface area contributed by atoms with E-state index in [4.69, 9.17) is 4.74 Å². The molecule has 1 aromatic carbocycles. The normalized spacial score (nSPS) is 15.5. The Balaban J connectivity index is 2.29. The van der Waals surface area contributed by atoms with Crippen LogP contribution in [0.1, 0.15) is 19.4 Å². The minimum Gasteiger partial charge on any atom is -0.490 e. The van der Waals surface area contributed by atoms with Crippen molar-refractivity contribution in [3.05, 3.63) is 35.9 Å². The van der Waals surface area contributed by atoms with Gasteiger partial charge in [-0.3, -0.25) is 0 Å². The first-order chi connectivity index (χ1) is 7.27. The Hall–Kier alpha value is -1.28. The van der Waals surface area contributed by atoms with Crippen LogP contribution in [0.5, 0.6) is 5.75 Å². The molecular formula is C13H17NO. The Morgan fingerprint density at radius 1 is 1.27 bits per heavy atom. The number of hydrogen-bond donors (Lipinski definition) is 1. The van der Waals surface area contributed by atoms with Crippen LogP contribution in [0.25, 0.3) is 5.57 Å². The Morgan fingerprint density at radius 2 is 2.07 bits per heavy atom. The van der Waals surface area contributed by atoms with Crippen LogP contribution in [0.2, 0.25) is 0 Å². The summed E-state index contributed by atoms with van der Waals surface area (Å²) in [5.74, 6) is 0.988. The molecule has 15 heavy (non-hydrogen) atoms. The summed E-state index contributed by atoms with van der Waals surface area (Å²) in [6, 6.07) is 8.23. The fraction of sp³-hybridized carbons (Fsp3) is 0.385. The van der Waals surface area contributed by atoms with E-state index in [-0.39, 0.29) is 6.10 Å². The third kappa shape index (κ3) is 2.39. The molecule has 0 bridgehead atoms. The molecular weight excluding hydrogens is 186 g/mol. The second kappa shape index (κ2) is 4.49. The quantitative estimate of drug-likeness (QED) is 0.814. The Labute approximate surface area is 91.0 Å². The summed E-state index contributed by atoms with van der Waals surface area (Å²) < 4.78 is 5.79. The van der Waals surface area contributed by atoms with Crippen LogP contribution in [0, 0.1) is 0 Å². The van der Waals surface area contributed by atoms with Crippen LogP contribution >= 0.6 is 0 Å². The van der Waals surface area contributed by atoms with Crippen LogP contribution in [0.4, 0.5) is 0 Å². The number of nitrogens with one attached hydrogen (secondary N) is 1. The van der Waals surface area contributed by atoms with Crippen molar-refractivity contribution in [1.82, 2.24) is 5.32 Å². The molecule has 0 amide bonds. The lowest BCUT2D eigenvalue weighted by atomic mass is 10.1. The number of para-hydroxylation sites is 1. The highest BCUT2D eigenvalue weighted by atomic mass is 16.5. The van der Waals surface area contributed by atoms with Gasteiger partial charge in [0.2, 0.25) is 0 Å². The molecule has 0 saturated heterocycles. The predicted molar refractivity (Wildman–Crippen MR) is 63.1 cm³/mol. The molecule has 2 nitrogen and oxygen atoms in total. The van der Waals surface area contributed by atoms with Gasteiger partial charge in [0.25, 0.3) is 0 Å². The predicted octanol–water partition coefficient (Wildman–Crippen LogP) is 2.46. The highest BCUT2D eigenvalue weighted by molar-refractivity contribution is 5.73. The first-order valence-electron chi connectivity index (χ1n) is 5.43. The van der Waals surface area contributed by atoms with Gasteiger partial charge in [-0.2, -0.15) is 0 Å². The molecule has 0 fully saturated rings. The summed E-state index contributed by atoms with van der Waals surface area (Å²) in [4.78, 5) is 0. The maximum atomic E-state index is 5.79. The van der Waals surface area contributed by atoms with Crippen molar-refractivity contribution >= 4 is 5.57 Å². The number of benzene rings is 1. The van der Waals surface area contributed by atoms with E-state index in [2.05, 4.69) is 37.4 Å². The topological polar surface area (TPSA) is 21.3 Å². The van der Waals surface area contributed by atoms with Crippen LogP contribution < -0.4 is 10.1 Å². The van der Waals surface area contributed by atoms with Crippen molar-refractivity contribution in [2.45, 2.75) is 20.0 Å². The van der Waals surface area contributed by atoms with Crippen molar-refractivity contribution in [1.29, 1.82) is 0 Å². The zero-order valence-electron chi connectivity index (χ0n) is 9.29. The lowest BCUT2D eigenvalue weighted by molar-refractivity contribution is 0.241. The first kappa shape index (κ1) is 10.2. The van der Waals surface area contributed by atoms with E-state index in [9.17, 15) is 0 Å². The molecule has 0 atom stereocenters. The highest BCUT2D eigenvalue weighted by Gasteiger charge is 2.11. The highest BCUT2D eigenvalue weighted by Crippen LogP contribution is 2.27. The lowest BCUT2D eigenvalue weighted by Crippen LogP contribution is -2.10. The molecule has 2 heteroatoms. The monoisotopic (exact) mass is 203 g/mol. The van der Waals surface area contributed by atoms with Crippen LogP contribution in [0.15, 0.2) is 30.3 Å². The van der Waals surface area contributed by atoms with E-state index in [0.717, 1.165) is 18.8 Å². The van der Waals surface area contributed by atoms with Crippen molar-refractivity contribution in [3.8, 4) is 5.75 Å². The smallest absolute Gasteiger partial charge is 0.127 e. The molecule has 2 rings (SSSR count). The van der Waals surface area contributed by atoms with Crippen LogP contribution in [-0.4, -0.2) is 19.2 Å². The minimum atomic E-state index is 0.223. The zero-order valence-corrected chi connectivity index (χ0v) is 9.29. The summed E-state index contributed by atoms with van der Waals surface area (Å²) in [5, 5.41) is 3.30. The Bertz CT molecular complexity index is 369. The Morgan fingerprint density at radius 3 is 2.73 bits per heavy atom. The maximum Gasteiger partial charge on any atom is 0.127 e. The van der Waals surface area contributed by atoms with Gasteiger partial charge in [-0.05, 0) is 25.5 Å². The molecule has 1 aliphatic heterocycles. The van der Waals surface area contributed by atoms with Gasteiger partial charge in [-0.1, -0.05) is 24.3 Å². The maximum absolute atomic E-state index is 5.79. The molecule has 1 heterocycles. The first-order valence-corrected chi connectivity index (χ1v) is 5.43. The molecule has 0 aliphatic carbocycles. The molecule has 1 N–H and O–H groups in total. The average molecular weight is 203 g/mol. The van der Waals surface area contributed by atoms with E-state index in [1.54, 1.807) is 0 Å². The van der Waals surface area contributed by atoms with Crippen molar-refractivity contribution in [2.75, 3.05) is 13.1 Å². The molecule has 1 aromatic rings. The molecule has 0 radical (unpaired) electrons. The van der Waals surface area contributed by atoms with Gasteiger partial charge in [0.1, 0.15) is 5.75 Å². The van der Waals surface area contributed by atoms with Gasteiger partial charge in [0.05, 0.1) is 6.10 Å². The molecule has 0 saturated carbocycles. The third-order valence-electron chi connectivity index (χ3n) is 2.40. The van der Waals surface area contributed by atoms with E-state index in [1.807, 2.05) is 12.1 Å². The van der Waals surface area contributed by atoms with Gasteiger partial charge >= 0.3 is 0 Å². The third-order valence-corrected chi connectivity index (χ3v) is 2.40. The van der Waals surface area contributed by atoms with Crippen molar-refractivity contribution < 1.29 is 4.74 Å². The van der Waals surface area contributed by atoms with Gasteiger partial charge in [-0.25, -0.2) is 0 Å². The van der Waals surface area contributed by atoms with E-state index in [0.29, 0.717) is 0 Å². The van der Waals surface area contributed by atoms with Crippen molar-refractivity contribution in [2.24, 2.45) is 0 Å². The average Bonchev–Trinajstić information content (AvgIpc) is 2.70. The molecule has 0 spiro atoms. The number of hydrogen-bond acceptors (Lipinski definition) is 2. The summed E-state index contributed by atoms with van der Waals surface area (Å²) in [6.07, 6.45) is 2.45. The molecule has 80 valence electrons. The molecule has 0 unspecified atom stereocenters. The van der Waals surface area contributed by atoms with Gasteiger partial charge in [0.15, 0.2) is 0 Å². The van der Waals surface area contributed by atoms with Crippen LogP contribution in [0.3, 0.4) is 0 Å². The summed E-state index contributed by atoms with van der Waals surface area (Å²) in [7, 11) is 0. The summed E-state index contributed by atoms with van der Waals surface area (Å²) in [5.41, 5.74) is 2.56. The SMILES string of the molecule is CC(C)Oc1ccccc1C1=CCNC1. The fourth-order valence-corrected chi connectivity index (χ4v) is 1.77. The van der Waals surface area contributed by atoms with E-state index < -0.39 is 0 Å². The number of ether oxygens (including phenoxy) is 1. The Kier molecular flexibility index (Phi) is 3.07. The van der Waals surface area contributed by atoms with Gasteiger partial charge < -0.3 is 10.1 Å². The van der Waals surface area contributed by atoms with Gasteiger partial charge in [-0.15, -0.1) is 0 Å². The van der Waals surface area contributed by atoms with Crippen LogP contribution in [-0.2, 0) is 0 Å². The van der Waals surface area contributed by atoms with Gasteiger partial charge in [0, 0.05) is 18.7 Å². The zero-order chi connectivity index (χ0) is 10.7. The fourth-order valence-electron chi connectivity index (χ4n) is 1.77.